The van der Waals surface area contributed by atoms with Crippen LogP contribution in [0.2, 0.25) is 0 Å². The first-order valence-corrected chi connectivity index (χ1v) is 6.62. The van der Waals surface area contributed by atoms with Crippen LogP contribution in [0.3, 0.4) is 0 Å². The monoisotopic (exact) mass is 346 g/mol. The Hall–Kier alpha value is -0.200. The second-order valence-corrected chi connectivity index (χ2v) is 5.39. The van der Waals surface area contributed by atoms with Crippen LogP contribution in [-0.4, -0.2) is 17.2 Å². The number of benzene rings is 1. The lowest BCUT2D eigenvalue weighted by Crippen LogP contribution is -2.02. The molecule has 0 spiro atoms. The summed E-state index contributed by atoms with van der Waals surface area (Å²) in [6.07, 6.45) is 0.166. The number of halogens is 5. The standard InChI is InChI=1S/C10H7BrClF3OS/c11-7-5-6(8(16)3-4-12)1-2-9(7)17-10(13,14)15/h1-2,5H,3-4H2. The summed E-state index contributed by atoms with van der Waals surface area (Å²) in [5, 5.41) is 0. The maximum atomic E-state index is 12.2. The average Bonchev–Trinajstić information content (AvgIpc) is 2.19. The molecule has 0 fully saturated rings. The van der Waals surface area contributed by atoms with E-state index in [1.807, 2.05) is 0 Å². The highest BCUT2D eigenvalue weighted by molar-refractivity contribution is 9.10. The highest BCUT2D eigenvalue weighted by Crippen LogP contribution is 2.40. The summed E-state index contributed by atoms with van der Waals surface area (Å²) in [6, 6.07) is 4.01. The highest BCUT2D eigenvalue weighted by Gasteiger charge is 2.30. The van der Waals surface area contributed by atoms with Crippen LogP contribution in [0.15, 0.2) is 27.6 Å². The second-order valence-electron chi connectivity index (χ2n) is 3.06. The van der Waals surface area contributed by atoms with Gasteiger partial charge in [-0.1, -0.05) is 6.07 Å². The van der Waals surface area contributed by atoms with Gasteiger partial charge < -0.3 is 0 Å². The lowest BCUT2D eigenvalue weighted by Gasteiger charge is -2.08. The van der Waals surface area contributed by atoms with Crippen molar-refractivity contribution in [2.45, 2.75) is 16.8 Å². The van der Waals surface area contributed by atoms with Crippen molar-refractivity contribution in [1.82, 2.24) is 0 Å². The molecule has 0 N–H and O–H groups in total. The van der Waals surface area contributed by atoms with E-state index in [-0.39, 0.29) is 39.2 Å². The topological polar surface area (TPSA) is 17.1 Å². The minimum Gasteiger partial charge on any atom is -0.294 e. The van der Waals surface area contributed by atoms with Crippen molar-refractivity contribution in [2.24, 2.45) is 0 Å². The Morgan fingerprint density at radius 3 is 2.53 bits per heavy atom. The molecule has 0 amide bonds. The summed E-state index contributed by atoms with van der Waals surface area (Å²) in [5.41, 5.74) is -3.99. The molecule has 0 heterocycles. The van der Waals surface area contributed by atoms with Gasteiger partial charge in [-0.25, -0.2) is 0 Å². The fourth-order valence-electron chi connectivity index (χ4n) is 1.11. The molecular formula is C10H7BrClF3OS. The number of hydrogen-bond donors (Lipinski definition) is 0. The van der Waals surface area contributed by atoms with Crippen LogP contribution >= 0.6 is 39.3 Å². The third-order valence-corrected chi connectivity index (χ3v) is 3.72. The quantitative estimate of drug-likeness (QED) is 0.439. The van der Waals surface area contributed by atoms with Gasteiger partial charge in [0.05, 0.1) is 0 Å². The van der Waals surface area contributed by atoms with E-state index in [9.17, 15) is 18.0 Å². The van der Waals surface area contributed by atoms with E-state index < -0.39 is 5.51 Å². The Balaban J connectivity index is 2.90. The maximum Gasteiger partial charge on any atom is 0.446 e. The van der Waals surface area contributed by atoms with Crippen LogP contribution in [0.25, 0.3) is 0 Å². The Morgan fingerprint density at radius 1 is 1.41 bits per heavy atom. The minimum atomic E-state index is -4.34. The summed E-state index contributed by atoms with van der Waals surface area (Å²) in [6.45, 7) is 0. The lowest BCUT2D eigenvalue weighted by atomic mass is 10.1. The first kappa shape index (κ1) is 14.9. The smallest absolute Gasteiger partial charge is 0.294 e. The van der Waals surface area contributed by atoms with Gasteiger partial charge >= 0.3 is 5.51 Å². The van der Waals surface area contributed by atoms with Crippen LogP contribution in [0.1, 0.15) is 16.8 Å². The molecule has 0 radical (unpaired) electrons. The fourth-order valence-corrected chi connectivity index (χ4v) is 2.45. The van der Waals surface area contributed by atoms with Crippen molar-refractivity contribution >= 4 is 45.1 Å². The molecule has 7 heteroatoms. The molecule has 0 aromatic heterocycles. The van der Waals surface area contributed by atoms with Gasteiger partial charge in [-0.15, -0.1) is 11.6 Å². The van der Waals surface area contributed by atoms with Crippen molar-refractivity contribution in [3.63, 3.8) is 0 Å². The first-order valence-electron chi connectivity index (χ1n) is 4.48. The zero-order chi connectivity index (χ0) is 13.1. The molecule has 1 rings (SSSR count). The Kier molecular flexibility index (Phi) is 5.34. The zero-order valence-corrected chi connectivity index (χ0v) is 11.5. The fraction of sp³-hybridized carbons (Fsp3) is 0.300. The highest BCUT2D eigenvalue weighted by atomic mass is 79.9. The number of Topliss-reactive ketones (excluding diaryl/α,β-unsaturated/α-hetero) is 1. The van der Waals surface area contributed by atoms with Crippen molar-refractivity contribution in [1.29, 1.82) is 0 Å². The minimum absolute atomic E-state index is 0.0277. The molecule has 0 aliphatic carbocycles. The van der Waals surface area contributed by atoms with Gasteiger partial charge in [0.25, 0.3) is 0 Å². The van der Waals surface area contributed by atoms with Crippen molar-refractivity contribution < 1.29 is 18.0 Å². The summed E-state index contributed by atoms with van der Waals surface area (Å²) >= 11 is 8.21. The van der Waals surface area contributed by atoms with E-state index in [0.29, 0.717) is 5.56 Å². The Morgan fingerprint density at radius 2 is 2.06 bits per heavy atom. The van der Waals surface area contributed by atoms with Gasteiger partial charge in [0.1, 0.15) is 0 Å². The van der Waals surface area contributed by atoms with Gasteiger partial charge in [-0.2, -0.15) is 13.2 Å². The summed E-state index contributed by atoms with van der Waals surface area (Å²) in [7, 11) is 0. The molecule has 1 aromatic carbocycles. The third-order valence-electron chi connectivity index (χ3n) is 1.80. The summed E-state index contributed by atoms with van der Waals surface area (Å²) in [5.74, 6) is -0.000516. The lowest BCUT2D eigenvalue weighted by molar-refractivity contribution is -0.0328. The SMILES string of the molecule is O=C(CCCl)c1ccc(SC(F)(F)F)c(Br)c1. The number of carbonyl (C=O) groups excluding carboxylic acids is 1. The number of thioether (sulfide) groups is 1. The van der Waals surface area contributed by atoms with E-state index in [2.05, 4.69) is 15.9 Å². The normalized spacial score (nSPS) is 11.6. The molecule has 0 saturated carbocycles. The summed E-state index contributed by atoms with van der Waals surface area (Å²) in [4.78, 5) is 11.5. The molecule has 94 valence electrons. The number of alkyl halides is 4. The molecule has 1 nitrogen and oxygen atoms in total. The summed E-state index contributed by atoms with van der Waals surface area (Å²) < 4.78 is 36.7. The van der Waals surface area contributed by atoms with E-state index in [1.54, 1.807) is 0 Å². The van der Waals surface area contributed by atoms with Crippen LogP contribution in [-0.2, 0) is 0 Å². The van der Waals surface area contributed by atoms with Gasteiger partial charge in [0.15, 0.2) is 5.78 Å². The molecule has 0 saturated heterocycles. The van der Waals surface area contributed by atoms with Gasteiger partial charge in [0, 0.05) is 27.2 Å². The maximum absolute atomic E-state index is 12.2. The van der Waals surface area contributed by atoms with Crippen LogP contribution < -0.4 is 0 Å². The number of rotatable bonds is 4. The van der Waals surface area contributed by atoms with Crippen LogP contribution in [0, 0.1) is 0 Å². The van der Waals surface area contributed by atoms with E-state index >= 15 is 0 Å². The molecule has 0 atom stereocenters. The first-order chi connectivity index (χ1) is 7.83. The van der Waals surface area contributed by atoms with Crippen LogP contribution in [0.4, 0.5) is 13.2 Å². The Bertz CT molecular complexity index is 423. The largest absolute Gasteiger partial charge is 0.446 e. The number of hydrogen-bond acceptors (Lipinski definition) is 2. The van der Waals surface area contributed by atoms with Crippen molar-refractivity contribution in [2.75, 3.05) is 5.88 Å². The predicted octanol–water partition coefficient (Wildman–Crippen LogP) is 4.87. The molecule has 1 aromatic rings. The molecular weight excluding hydrogens is 341 g/mol. The van der Waals surface area contributed by atoms with Gasteiger partial charge in [-0.05, 0) is 39.8 Å². The van der Waals surface area contributed by atoms with E-state index in [4.69, 9.17) is 11.6 Å². The molecule has 0 aliphatic heterocycles. The molecule has 0 unspecified atom stereocenters. The average molecular weight is 348 g/mol. The zero-order valence-electron chi connectivity index (χ0n) is 8.35. The van der Waals surface area contributed by atoms with E-state index in [1.165, 1.54) is 18.2 Å². The molecule has 0 bridgehead atoms. The van der Waals surface area contributed by atoms with Gasteiger partial charge in [0.2, 0.25) is 0 Å². The third kappa shape index (κ3) is 4.89. The molecule has 17 heavy (non-hydrogen) atoms. The predicted molar refractivity (Wildman–Crippen MR) is 65.7 cm³/mol. The van der Waals surface area contributed by atoms with Crippen LogP contribution in [0.5, 0.6) is 0 Å². The Labute approximate surface area is 114 Å². The van der Waals surface area contributed by atoms with Crippen molar-refractivity contribution in [3.8, 4) is 0 Å². The second kappa shape index (κ2) is 6.11. The van der Waals surface area contributed by atoms with E-state index in [0.717, 1.165) is 0 Å². The molecule has 0 aliphatic rings. The van der Waals surface area contributed by atoms with Gasteiger partial charge in [-0.3, -0.25) is 4.79 Å². The number of carbonyl (C=O) groups is 1. The van der Waals surface area contributed by atoms with Crippen molar-refractivity contribution in [3.05, 3.63) is 28.2 Å². The number of ketones is 1.